The molecule has 0 bridgehead atoms. The zero-order valence-electron chi connectivity index (χ0n) is 20.3. The van der Waals surface area contributed by atoms with E-state index < -0.39 is 18.1 Å². The van der Waals surface area contributed by atoms with Crippen LogP contribution >= 0.6 is 0 Å². The lowest BCUT2D eigenvalue weighted by atomic mass is 9.63. The van der Waals surface area contributed by atoms with Crippen LogP contribution in [0.25, 0.3) is 10.9 Å². The maximum Gasteiger partial charge on any atom is 0.311 e. The molecule has 1 aromatic carbocycles. The van der Waals surface area contributed by atoms with Gasteiger partial charge in [0.2, 0.25) is 0 Å². The summed E-state index contributed by atoms with van der Waals surface area (Å²) < 4.78 is 22.2. The number of nitrogens with one attached hydrogen (secondary N) is 1. The Bertz CT molecular complexity index is 1080. The number of piperidine rings is 1. The lowest BCUT2D eigenvalue weighted by Gasteiger charge is -2.52. The van der Waals surface area contributed by atoms with Gasteiger partial charge >= 0.3 is 11.9 Å². The van der Waals surface area contributed by atoms with Crippen LogP contribution in [0.3, 0.4) is 0 Å². The Balaban J connectivity index is 1.49. The lowest BCUT2D eigenvalue weighted by Crippen LogP contribution is -2.58. The molecule has 1 saturated carbocycles. The van der Waals surface area contributed by atoms with Crippen LogP contribution in [0.1, 0.15) is 43.5 Å². The zero-order valence-corrected chi connectivity index (χ0v) is 20.3. The molecule has 3 aliphatic rings. The number of hydrogen-bond donors (Lipinski definition) is 1. The van der Waals surface area contributed by atoms with Gasteiger partial charge in [-0.3, -0.25) is 14.5 Å². The van der Waals surface area contributed by atoms with Crippen molar-refractivity contribution in [2.24, 2.45) is 17.8 Å². The fraction of sp³-hybridized carbons (Fsp3) is 0.615. The van der Waals surface area contributed by atoms with Crippen LogP contribution in [0, 0.1) is 17.8 Å². The molecule has 2 fully saturated rings. The van der Waals surface area contributed by atoms with Crippen molar-refractivity contribution in [2.45, 2.75) is 50.9 Å². The van der Waals surface area contributed by atoms with Crippen LogP contribution in [0.2, 0.25) is 0 Å². The fourth-order valence-electron chi connectivity index (χ4n) is 6.61. The molecule has 6 atom stereocenters. The number of benzene rings is 1. The van der Waals surface area contributed by atoms with E-state index in [2.05, 4.69) is 22.0 Å². The van der Waals surface area contributed by atoms with Gasteiger partial charge in [0.1, 0.15) is 18.0 Å². The number of esters is 2. The average Bonchev–Trinajstić information content (AvgIpc) is 3.24. The second-order valence-corrected chi connectivity index (χ2v) is 9.72. The highest BCUT2D eigenvalue weighted by molar-refractivity contribution is 5.86. The van der Waals surface area contributed by atoms with Gasteiger partial charge in [-0.2, -0.15) is 0 Å². The molecule has 3 heterocycles. The number of carbonyl (C=O) groups is 2. The fourth-order valence-corrected chi connectivity index (χ4v) is 6.61. The number of nitrogens with zero attached hydrogens (tertiary/aromatic N) is 1. The van der Waals surface area contributed by atoms with Gasteiger partial charge < -0.3 is 23.9 Å². The Hall–Kier alpha value is -2.58. The number of methoxy groups -OCH3 is 3. The lowest BCUT2D eigenvalue weighted by molar-refractivity contribution is -0.189. The molecule has 8 nitrogen and oxygen atoms in total. The molecule has 0 radical (unpaired) electrons. The number of aromatic nitrogens is 1. The molecule has 2 aromatic rings. The van der Waals surface area contributed by atoms with Crippen LogP contribution in [-0.4, -0.2) is 68.4 Å². The Morgan fingerprint density at radius 1 is 1.18 bits per heavy atom. The summed E-state index contributed by atoms with van der Waals surface area (Å²) in [5, 5.41) is 1.24. The van der Waals surface area contributed by atoms with Crippen molar-refractivity contribution in [3.63, 3.8) is 0 Å². The van der Waals surface area contributed by atoms with Crippen molar-refractivity contribution in [3.05, 3.63) is 29.5 Å². The smallest absolute Gasteiger partial charge is 0.311 e. The highest BCUT2D eigenvalue weighted by Gasteiger charge is 2.54. The zero-order chi connectivity index (χ0) is 24.0. The minimum atomic E-state index is -0.509. The Morgan fingerprint density at radius 3 is 2.71 bits per heavy atom. The predicted octanol–water partition coefficient (Wildman–Crippen LogP) is 3.24. The van der Waals surface area contributed by atoms with Gasteiger partial charge in [0.25, 0.3) is 0 Å². The van der Waals surface area contributed by atoms with Crippen LogP contribution < -0.4 is 4.74 Å². The van der Waals surface area contributed by atoms with Crippen molar-refractivity contribution in [3.8, 4) is 5.75 Å². The van der Waals surface area contributed by atoms with E-state index in [0.29, 0.717) is 12.8 Å². The highest BCUT2D eigenvalue weighted by atomic mass is 16.6. The third kappa shape index (κ3) is 3.77. The normalized spacial score (nSPS) is 30.7. The van der Waals surface area contributed by atoms with Crippen LogP contribution in [0.5, 0.6) is 5.75 Å². The van der Waals surface area contributed by atoms with Gasteiger partial charge in [0, 0.05) is 49.3 Å². The Morgan fingerprint density at radius 2 is 2.00 bits per heavy atom. The largest absolute Gasteiger partial charge is 0.497 e. The molecule has 8 heteroatoms. The SMILES string of the molecule is CCC(=O)O[C@@H]1C[C@@H]2CN3CCc4c([nH]c5cc(OC)ccc45)[C@H]3C[C@@H]2[C@H](C(=O)OC)[C@H]1OC. The molecule has 1 aromatic heterocycles. The van der Waals surface area contributed by atoms with Gasteiger partial charge in [0.15, 0.2) is 0 Å². The van der Waals surface area contributed by atoms with Crippen LogP contribution in [0.4, 0.5) is 0 Å². The van der Waals surface area contributed by atoms with E-state index in [4.69, 9.17) is 18.9 Å². The molecule has 0 amide bonds. The van der Waals surface area contributed by atoms with E-state index in [1.54, 1.807) is 21.1 Å². The standard InChI is InChI=1S/C26H34N2O6/c1-5-22(29)34-21-10-14-13-28-9-8-17-16-7-6-15(31-2)11-19(16)27-24(17)20(28)12-18(14)23(25(21)32-3)26(30)33-4/h6-7,11,14,18,20-21,23,25,27H,5,8-10,12-13H2,1-4H3/t14-,18+,20-,21-,23+,25+/m1/s1. The quantitative estimate of drug-likeness (QED) is 0.671. The highest BCUT2D eigenvalue weighted by Crippen LogP contribution is 2.50. The third-order valence-corrected chi connectivity index (χ3v) is 8.17. The first kappa shape index (κ1) is 23.2. The molecule has 5 rings (SSSR count). The number of hydrogen-bond acceptors (Lipinski definition) is 7. The molecule has 1 aliphatic carbocycles. The number of aromatic amines is 1. The van der Waals surface area contributed by atoms with Gasteiger partial charge in [0.05, 0.1) is 26.2 Å². The Labute approximate surface area is 199 Å². The summed E-state index contributed by atoms with van der Waals surface area (Å²) in [4.78, 5) is 31.4. The Kier molecular flexibility index (Phi) is 6.29. The van der Waals surface area contributed by atoms with Gasteiger partial charge in [-0.25, -0.2) is 0 Å². The van der Waals surface area contributed by atoms with Crippen molar-refractivity contribution < 1.29 is 28.5 Å². The number of carbonyl (C=O) groups excluding carboxylic acids is 2. The second kappa shape index (κ2) is 9.23. The molecule has 34 heavy (non-hydrogen) atoms. The van der Waals surface area contributed by atoms with E-state index in [9.17, 15) is 9.59 Å². The van der Waals surface area contributed by atoms with Crippen molar-refractivity contribution in [1.29, 1.82) is 0 Å². The van der Waals surface area contributed by atoms with E-state index in [0.717, 1.165) is 37.2 Å². The first-order valence-corrected chi connectivity index (χ1v) is 12.2. The van der Waals surface area contributed by atoms with Crippen molar-refractivity contribution in [1.82, 2.24) is 9.88 Å². The van der Waals surface area contributed by atoms with Crippen LogP contribution in [0.15, 0.2) is 18.2 Å². The summed E-state index contributed by atoms with van der Waals surface area (Å²) >= 11 is 0. The topological polar surface area (TPSA) is 90.1 Å². The molecular formula is C26H34N2O6. The first-order chi connectivity index (χ1) is 16.5. The summed E-state index contributed by atoms with van der Waals surface area (Å²) in [5.41, 5.74) is 3.69. The van der Waals surface area contributed by atoms with Gasteiger partial charge in [-0.15, -0.1) is 0 Å². The molecule has 0 unspecified atom stereocenters. The van der Waals surface area contributed by atoms with Gasteiger partial charge in [-0.1, -0.05) is 6.92 Å². The third-order valence-electron chi connectivity index (χ3n) is 8.17. The van der Waals surface area contributed by atoms with E-state index in [1.807, 2.05) is 6.07 Å². The summed E-state index contributed by atoms with van der Waals surface area (Å²) in [6.07, 6.45) is 1.85. The number of rotatable bonds is 5. The summed E-state index contributed by atoms with van der Waals surface area (Å²) in [5.74, 6) is 0.124. The maximum atomic E-state index is 13.0. The number of H-pyrrole nitrogens is 1. The molecule has 1 saturated heterocycles. The van der Waals surface area contributed by atoms with Gasteiger partial charge in [-0.05, 0) is 48.8 Å². The summed E-state index contributed by atoms with van der Waals surface area (Å²) in [6.45, 7) is 3.60. The predicted molar refractivity (Wildman–Crippen MR) is 126 cm³/mol. The average molecular weight is 471 g/mol. The summed E-state index contributed by atoms with van der Waals surface area (Å²) in [6, 6.07) is 6.39. The first-order valence-electron chi connectivity index (χ1n) is 12.2. The monoisotopic (exact) mass is 470 g/mol. The van der Waals surface area contributed by atoms with Crippen LogP contribution in [-0.2, 0) is 30.2 Å². The minimum Gasteiger partial charge on any atom is -0.497 e. The van der Waals surface area contributed by atoms with E-state index in [1.165, 1.54) is 23.8 Å². The van der Waals surface area contributed by atoms with Crippen molar-refractivity contribution in [2.75, 3.05) is 34.4 Å². The van der Waals surface area contributed by atoms with E-state index >= 15 is 0 Å². The molecular weight excluding hydrogens is 436 g/mol. The minimum absolute atomic E-state index is 0.0853. The molecule has 1 N–H and O–H groups in total. The molecule has 2 aliphatic heterocycles. The summed E-state index contributed by atoms with van der Waals surface area (Å²) in [7, 11) is 4.69. The maximum absolute atomic E-state index is 13.0. The number of fused-ring (bicyclic) bond motifs is 6. The number of ether oxygens (including phenoxy) is 4. The molecule has 0 spiro atoms. The van der Waals surface area contributed by atoms with Crippen molar-refractivity contribution >= 4 is 22.8 Å². The van der Waals surface area contributed by atoms with E-state index in [-0.39, 0.29) is 29.8 Å². The second-order valence-electron chi connectivity index (χ2n) is 9.72. The molecule has 184 valence electrons.